The number of nitrogens with zero attached hydrogens (tertiary/aromatic N) is 3. The first-order valence-corrected chi connectivity index (χ1v) is 7.38. The molecule has 0 radical (unpaired) electrons. The second-order valence-corrected chi connectivity index (χ2v) is 5.60. The van der Waals surface area contributed by atoms with Crippen LogP contribution in [0.2, 0.25) is 0 Å². The normalized spacial score (nSPS) is 11.4. The van der Waals surface area contributed by atoms with Gasteiger partial charge in [-0.3, -0.25) is 4.68 Å². The van der Waals surface area contributed by atoms with Gasteiger partial charge < -0.3 is 9.88 Å². The van der Waals surface area contributed by atoms with Crippen molar-refractivity contribution >= 4 is 10.9 Å². The van der Waals surface area contributed by atoms with Crippen molar-refractivity contribution in [3.63, 3.8) is 0 Å². The first kappa shape index (κ1) is 13.9. The van der Waals surface area contributed by atoms with Crippen LogP contribution < -0.4 is 5.32 Å². The average molecular weight is 282 g/mol. The Bertz CT molecular complexity index is 712. The fourth-order valence-electron chi connectivity index (χ4n) is 2.93. The van der Waals surface area contributed by atoms with Gasteiger partial charge in [0.1, 0.15) is 0 Å². The van der Waals surface area contributed by atoms with E-state index in [1.165, 1.54) is 27.7 Å². The van der Waals surface area contributed by atoms with Crippen molar-refractivity contribution < 1.29 is 0 Å². The molecule has 3 aromatic rings. The minimum Gasteiger partial charge on any atom is -0.346 e. The standard InChI is InChI=1S/C17H22N4/c1-13-15-6-4-5-7-16(15)21(3)17(13)11-18-9-8-14-10-19-20(2)12-14/h4-7,10,12,18H,8-9,11H2,1-3H3. The van der Waals surface area contributed by atoms with E-state index < -0.39 is 0 Å². The molecule has 0 aliphatic rings. The zero-order valence-corrected chi connectivity index (χ0v) is 12.9. The molecular weight excluding hydrogens is 260 g/mol. The van der Waals surface area contributed by atoms with Crippen LogP contribution in [0.1, 0.15) is 16.8 Å². The monoisotopic (exact) mass is 282 g/mol. The van der Waals surface area contributed by atoms with Gasteiger partial charge in [-0.15, -0.1) is 0 Å². The first-order chi connectivity index (χ1) is 10.2. The summed E-state index contributed by atoms with van der Waals surface area (Å²) in [5.74, 6) is 0. The van der Waals surface area contributed by atoms with Crippen LogP contribution in [0.4, 0.5) is 0 Å². The number of nitrogens with one attached hydrogen (secondary N) is 1. The van der Waals surface area contributed by atoms with Crippen LogP contribution in [0.5, 0.6) is 0 Å². The SMILES string of the molecule is Cc1c(CNCCc2cnn(C)c2)n(C)c2ccccc12. The van der Waals surface area contributed by atoms with E-state index in [0.717, 1.165) is 19.5 Å². The van der Waals surface area contributed by atoms with Crippen LogP contribution in [0.3, 0.4) is 0 Å². The van der Waals surface area contributed by atoms with Crippen molar-refractivity contribution in [2.24, 2.45) is 14.1 Å². The van der Waals surface area contributed by atoms with Crippen molar-refractivity contribution in [2.45, 2.75) is 19.9 Å². The summed E-state index contributed by atoms with van der Waals surface area (Å²) < 4.78 is 4.14. The molecule has 0 amide bonds. The van der Waals surface area contributed by atoms with E-state index in [0.29, 0.717) is 0 Å². The molecule has 21 heavy (non-hydrogen) atoms. The maximum atomic E-state index is 4.20. The highest BCUT2D eigenvalue weighted by atomic mass is 15.2. The van der Waals surface area contributed by atoms with E-state index in [-0.39, 0.29) is 0 Å². The van der Waals surface area contributed by atoms with Gasteiger partial charge >= 0.3 is 0 Å². The van der Waals surface area contributed by atoms with E-state index in [2.05, 4.69) is 59.4 Å². The average Bonchev–Trinajstić information content (AvgIpc) is 3.00. The van der Waals surface area contributed by atoms with Gasteiger partial charge in [0.2, 0.25) is 0 Å². The molecule has 1 N–H and O–H groups in total. The molecule has 0 bridgehead atoms. The highest BCUT2D eigenvalue weighted by Gasteiger charge is 2.10. The largest absolute Gasteiger partial charge is 0.346 e. The summed E-state index contributed by atoms with van der Waals surface area (Å²) in [5, 5.41) is 9.09. The lowest BCUT2D eigenvalue weighted by atomic mass is 10.1. The molecule has 0 fully saturated rings. The Hall–Kier alpha value is -2.07. The number of hydrogen-bond acceptors (Lipinski definition) is 2. The molecule has 2 heterocycles. The Morgan fingerprint density at radius 2 is 2.00 bits per heavy atom. The fraction of sp³-hybridized carbons (Fsp3) is 0.353. The first-order valence-electron chi connectivity index (χ1n) is 7.38. The third kappa shape index (κ3) is 2.72. The van der Waals surface area contributed by atoms with Gasteiger partial charge in [0.15, 0.2) is 0 Å². The van der Waals surface area contributed by atoms with E-state index in [4.69, 9.17) is 0 Å². The molecule has 4 nitrogen and oxygen atoms in total. The number of para-hydroxylation sites is 1. The minimum atomic E-state index is 0.900. The molecule has 0 saturated carbocycles. The lowest BCUT2D eigenvalue weighted by Crippen LogP contribution is -2.18. The number of hydrogen-bond donors (Lipinski definition) is 1. The van der Waals surface area contributed by atoms with Crippen molar-refractivity contribution in [1.29, 1.82) is 0 Å². The smallest absolute Gasteiger partial charge is 0.0522 e. The summed E-state index contributed by atoms with van der Waals surface area (Å²) in [5.41, 5.74) is 5.32. The molecule has 3 rings (SSSR count). The van der Waals surface area contributed by atoms with Gasteiger partial charge in [-0.05, 0) is 37.1 Å². The number of fused-ring (bicyclic) bond motifs is 1. The molecule has 0 spiro atoms. The van der Waals surface area contributed by atoms with Gasteiger partial charge in [-0.25, -0.2) is 0 Å². The number of aryl methyl sites for hydroxylation is 3. The number of rotatable bonds is 5. The molecule has 0 atom stereocenters. The van der Waals surface area contributed by atoms with Crippen LogP contribution in [0.25, 0.3) is 10.9 Å². The van der Waals surface area contributed by atoms with Crippen LogP contribution in [-0.4, -0.2) is 20.9 Å². The molecule has 110 valence electrons. The lowest BCUT2D eigenvalue weighted by Gasteiger charge is -2.07. The van der Waals surface area contributed by atoms with Crippen LogP contribution in [0, 0.1) is 6.92 Å². The number of benzene rings is 1. The molecule has 0 unspecified atom stereocenters. The summed E-state index contributed by atoms with van der Waals surface area (Å²) in [7, 11) is 4.10. The molecular formula is C17H22N4. The molecule has 1 aromatic carbocycles. The summed E-state index contributed by atoms with van der Waals surface area (Å²) in [6.07, 6.45) is 5.02. The van der Waals surface area contributed by atoms with Crippen LogP contribution >= 0.6 is 0 Å². The van der Waals surface area contributed by atoms with Crippen LogP contribution in [0.15, 0.2) is 36.7 Å². The van der Waals surface area contributed by atoms with Gasteiger partial charge in [0, 0.05) is 43.4 Å². The Morgan fingerprint density at radius 3 is 2.71 bits per heavy atom. The molecule has 0 saturated heterocycles. The van der Waals surface area contributed by atoms with Crippen molar-refractivity contribution in [2.75, 3.05) is 6.54 Å². The van der Waals surface area contributed by atoms with E-state index in [1.807, 2.05) is 17.9 Å². The third-order valence-corrected chi connectivity index (χ3v) is 4.15. The molecule has 0 aliphatic heterocycles. The zero-order valence-electron chi connectivity index (χ0n) is 12.9. The molecule has 4 heteroatoms. The highest BCUT2D eigenvalue weighted by Crippen LogP contribution is 2.24. The zero-order chi connectivity index (χ0) is 14.8. The van der Waals surface area contributed by atoms with E-state index in [9.17, 15) is 0 Å². The maximum Gasteiger partial charge on any atom is 0.0522 e. The van der Waals surface area contributed by atoms with Crippen molar-refractivity contribution in [3.8, 4) is 0 Å². The van der Waals surface area contributed by atoms with Crippen molar-refractivity contribution in [1.82, 2.24) is 19.7 Å². The highest BCUT2D eigenvalue weighted by molar-refractivity contribution is 5.85. The Balaban J connectivity index is 1.65. The Morgan fingerprint density at radius 1 is 1.19 bits per heavy atom. The molecule has 0 aliphatic carbocycles. The van der Waals surface area contributed by atoms with Gasteiger partial charge in [0.05, 0.1) is 6.20 Å². The summed E-state index contributed by atoms with van der Waals surface area (Å²) in [6, 6.07) is 8.58. The van der Waals surface area contributed by atoms with E-state index in [1.54, 1.807) is 0 Å². The van der Waals surface area contributed by atoms with Crippen LogP contribution in [-0.2, 0) is 27.1 Å². The summed E-state index contributed by atoms with van der Waals surface area (Å²) in [4.78, 5) is 0. The second kappa shape index (κ2) is 5.74. The molecule has 2 aromatic heterocycles. The topological polar surface area (TPSA) is 34.8 Å². The van der Waals surface area contributed by atoms with E-state index >= 15 is 0 Å². The second-order valence-electron chi connectivity index (χ2n) is 5.60. The third-order valence-electron chi connectivity index (χ3n) is 4.15. The van der Waals surface area contributed by atoms with Gasteiger partial charge in [-0.2, -0.15) is 5.10 Å². The van der Waals surface area contributed by atoms with Gasteiger partial charge in [0.25, 0.3) is 0 Å². The number of aromatic nitrogens is 3. The van der Waals surface area contributed by atoms with Gasteiger partial charge in [-0.1, -0.05) is 18.2 Å². The Labute approximate surface area is 125 Å². The predicted octanol–water partition coefficient (Wildman–Crippen LogP) is 2.55. The summed E-state index contributed by atoms with van der Waals surface area (Å²) in [6.45, 7) is 4.07. The maximum absolute atomic E-state index is 4.20. The predicted molar refractivity (Wildman–Crippen MR) is 86.3 cm³/mol. The summed E-state index contributed by atoms with van der Waals surface area (Å²) >= 11 is 0. The van der Waals surface area contributed by atoms with Crippen molar-refractivity contribution in [3.05, 3.63) is 53.5 Å². The fourth-order valence-corrected chi connectivity index (χ4v) is 2.93. The minimum absolute atomic E-state index is 0.900. The lowest BCUT2D eigenvalue weighted by molar-refractivity contribution is 0.653. The quantitative estimate of drug-likeness (QED) is 0.730. The Kier molecular flexibility index (Phi) is 3.80.